The fourth-order valence-electron chi connectivity index (χ4n) is 1.78. The maximum absolute atomic E-state index is 12.3. The molecule has 0 aliphatic heterocycles. The Morgan fingerprint density at radius 2 is 1.78 bits per heavy atom. The Morgan fingerprint density at radius 1 is 1.13 bits per heavy atom. The fourth-order valence-corrected chi connectivity index (χ4v) is 2.97. The molecule has 0 heterocycles. The van der Waals surface area contributed by atoms with Gasteiger partial charge in [0.1, 0.15) is 5.75 Å². The van der Waals surface area contributed by atoms with Crippen LogP contribution in [0.15, 0.2) is 53.4 Å². The van der Waals surface area contributed by atoms with Crippen LogP contribution >= 0.6 is 11.6 Å². The van der Waals surface area contributed by atoms with Gasteiger partial charge in [0, 0.05) is 5.02 Å². The standard InChI is InChI=1S/C15H14ClNO5S/c1-21-15(18)13-4-2-3-5-14(13)23(19,20)17-10-22-12-8-6-11(16)7-9-12/h2-9,17H,10H2,1H3. The predicted molar refractivity (Wildman–Crippen MR) is 85.1 cm³/mol. The number of hydrogen-bond donors (Lipinski definition) is 1. The average Bonchev–Trinajstić information content (AvgIpc) is 2.56. The third kappa shape index (κ3) is 4.44. The second-order valence-corrected chi connectivity index (χ2v) is 6.55. The maximum atomic E-state index is 12.3. The molecule has 0 fully saturated rings. The van der Waals surface area contributed by atoms with E-state index in [0.717, 1.165) is 0 Å². The summed E-state index contributed by atoms with van der Waals surface area (Å²) in [6, 6.07) is 12.2. The van der Waals surface area contributed by atoms with E-state index >= 15 is 0 Å². The highest BCUT2D eigenvalue weighted by Crippen LogP contribution is 2.17. The van der Waals surface area contributed by atoms with Gasteiger partial charge in [-0.05, 0) is 36.4 Å². The quantitative estimate of drug-likeness (QED) is 0.635. The molecule has 1 N–H and O–H groups in total. The summed E-state index contributed by atoms with van der Waals surface area (Å²) in [5.74, 6) is -0.275. The van der Waals surface area contributed by atoms with Crippen LogP contribution in [0, 0.1) is 0 Å². The number of benzene rings is 2. The number of methoxy groups -OCH3 is 1. The first-order valence-corrected chi connectivity index (χ1v) is 8.35. The SMILES string of the molecule is COC(=O)c1ccccc1S(=O)(=O)NCOc1ccc(Cl)cc1. The van der Waals surface area contributed by atoms with Crippen LogP contribution in [0.1, 0.15) is 10.4 Å². The van der Waals surface area contributed by atoms with Crippen molar-refractivity contribution in [3.63, 3.8) is 0 Å². The van der Waals surface area contributed by atoms with Gasteiger partial charge in [-0.2, -0.15) is 4.72 Å². The van der Waals surface area contributed by atoms with Crippen LogP contribution in [0.3, 0.4) is 0 Å². The molecule has 0 radical (unpaired) electrons. The number of nitrogens with one attached hydrogen (secondary N) is 1. The van der Waals surface area contributed by atoms with Crippen LogP contribution in [-0.4, -0.2) is 28.2 Å². The molecule has 2 aromatic carbocycles. The van der Waals surface area contributed by atoms with Crippen molar-refractivity contribution >= 4 is 27.6 Å². The van der Waals surface area contributed by atoms with E-state index < -0.39 is 16.0 Å². The van der Waals surface area contributed by atoms with Crippen molar-refractivity contribution in [2.75, 3.05) is 13.8 Å². The Kier molecular flexibility index (Phi) is 5.59. The molecule has 8 heteroatoms. The first kappa shape index (κ1) is 17.3. The van der Waals surface area contributed by atoms with E-state index in [1.807, 2.05) is 0 Å². The fraction of sp³-hybridized carbons (Fsp3) is 0.133. The summed E-state index contributed by atoms with van der Waals surface area (Å²) in [6.07, 6.45) is 0. The van der Waals surface area contributed by atoms with E-state index in [-0.39, 0.29) is 17.2 Å². The van der Waals surface area contributed by atoms with Crippen LogP contribution in [0.5, 0.6) is 5.75 Å². The highest BCUT2D eigenvalue weighted by molar-refractivity contribution is 7.89. The van der Waals surface area contributed by atoms with Gasteiger partial charge in [0.25, 0.3) is 0 Å². The zero-order chi connectivity index (χ0) is 16.9. The van der Waals surface area contributed by atoms with Crippen molar-refractivity contribution in [2.24, 2.45) is 0 Å². The molecule has 0 bridgehead atoms. The monoisotopic (exact) mass is 355 g/mol. The van der Waals surface area contributed by atoms with Gasteiger partial charge in [0.05, 0.1) is 17.6 Å². The van der Waals surface area contributed by atoms with Crippen LogP contribution in [0.2, 0.25) is 5.02 Å². The van der Waals surface area contributed by atoms with E-state index in [9.17, 15) is 13.2 Å². The van der Waals surface area contributed by atoms with Gasteiger partial charge < -0.3 is 9.47 Å². The lowest BCUT2D eigenvalue weighted by Gasteiger charge is -2.11. The van der Waals surface area contributed by atoms with Crippen molar-refractivity contribution < 1.29 is 22.7 Å². The average molecular weight is 356 g/mol. The van der Waals surface area contributed by atoms with Crippen LogP contribution in [0.4, 0.5) is 0 Å². The molecule has 122 valence electrons. The topological polar surface area (TPSA) is 81.7 Å². The summed E-state index contributed by atoms with van der Waals surface area (Å²) in [5.41, 5.74) is -0.0472. The first-order valence-electron chi connectivity index (χ1n) is 6.49. The molecule has 0 aliphatic carbocycles. The van der Waals surface area contributed by atoms with Gasteiger partial charge in [-0.25, -0.2) is 13.2 Å². The third-order valence-corrected chi connectivity index (χ3v) is 4.57. The number of hydrogen-bond acceptors (Lipinski definition) is 5. The molecule has 0 spiro atoms. The van der Waals surface area contributed by atoms with Crippen molar-refractivity contribution in [1.29, 1.82) is 0 Å². The molecule has 0 atom stereocenters. The molecule has 2 aromatic rings. The predicted octanol–water partition coefficient (Wildman–Crippen LogP) is 2.44. The number of halogens is 1. The molecule has 0 saturated carbocycles. The highest BCUT2D eigenvalue weighted by Gasteiger charge is 2.22. The van der Waals surface area contributed by atoms with Gasteiger partial charge in [-0.3, -0.25) is 0 Å². The van der Waals surface area contributed by atoms with E-state index in [1.54, 1.807) is 30.3 Å². The maximum Gasteiger partial charge on any atom is 0.339 e. The summed E-state index contributed by atoms with van der Waals surface area (Å²) in [6.45, 7) is -0.292. The van der Waals surface area contributed by atoms with Crippen LogP contribution in [0.25, 0.3) is 0 Å². The highest BCUT2D eigenvalue weighted by atomic mass is 35.5. The molecule has 0 unspecified atom stereocenters. The van der Waals surface area contributed by atoms with Crippen molar-refractivity contribution in [2.45, 2.75) is 4.90 Å². The zero-order valence-corrected chi connectivity index (χ0v) is 13.7. The largest absolute Gasteiger partial charge is 0.477 e. The summed E-state index contributed by atoms with van der Waals surface area (Å²) >= 11 is 5.75. The number of rotatable bonds is 6. The van der Waals surface area contributed by atoms with Crippen LogP contribution in [-0.2, 0) is 14.8 Å². The second kappa shape index (κ2) is 7.45. The minimum absolute atomic E-state index is 0.0472. The third-order valence-electron chi connectivity index (χ3n) is 2.88. The molecule has 0 saturated heterocycles. The van der Waals surface area contributed by atoms with Crippen LogP contribution < -0.4 is 9.46 Å². The molecular formula is C15H14ClNO5S. The van der Waals surface area contributed by atoms with Gasteiger partial charge >= 0.3 is 5.97 Å². The lowest BCUT2D eigenvalue weighted by Crippen LogP contribution is -2.29. The van der Waals surface area contributed by atoms with Crippen molar-refractivity contribution in [3.8, 4) is 5.75 Å². The van der Waals surface area contributed by atoms with E-state index in [1.165, 1.54) is 25.3 Å². The van der Waals surface area contributed by atoms with Gasteiger partial charge in [0.15, 0.2) is 6.73 Å². The zero-order valence-electron chi connectivity index (χ0n) is 12.2. The van der Waals surface area contributed by atoms with Gasteiger partial charge in [0.2, 0.25) is 10.0 Å². The lowest BCUT2D eigenvalue weighted by atomic mass is 10.2. The van der Waals surface area contributed by atoms with Gasteiger partial charge in [-0.15, -0.1) is 0 Å². The lowest BCUT2D eigenvalue weighted by molar-refractivity contribution is 0.0596. The van der Waals surface area contributed by atoms with Gasteiger partial charge in [-0.1, -0.05) is 23.7 Å². The molecule has 23 heavy (non-hydrogen) atoms. The van der Waals surface area contributed by atoms with Crippen molar-refractivity contribution in [1.82, 2.24) is 4.72 Å². The van der Waals surface area contributed by atoms with E-state index in [0.29, 0.717) is 10.8 Å². The van der Waals surface area contributed by atoms with Crippen molar-refractivity contribution in [3.05, 3.63) is 59.1 Å². The number of carbonyl (C=O) groups is 1. The Balaban J connectivity index is 2.10. The minimum atomic E-state index is -3.93. The summed E-state index contributed by atoms with van der Waals surface area (Å²) in [5, 5.41) is 0.546. The summed E-state index contributed by atoms with van der Waals surface area (Å²) < 4.78 is 36.7. The first-order chi connectivity index (χ1) is 10.9. The molecule has 6 nitrogen and oxygen atoms in total. The molecule has 0 aliphatic rings. The Labute approximate surface area is 139 Å². The van der Waals surface area contributed by atoms with E-state index in [2.05, 4.69) is 9.46 Å². The number of carbonyl (C=O) groups excluding carboxylic acids is 1. The molecule has 0 aromatic heterocycles. The normalized spacial score (nSPS) is 11.0. The summed E-state index contributed by atoms with van der Waals surface area (Å²) in [4.78, 5) is 11.5. The number of ether oxygens (including phenoxy) is 2. The van der Waals surface area contributed by atoms with E-state index in [4.69, 9.17) is 16.3 Å². The Bertz CT molecular complexity index is 790. The smallest absolute Gasteiger partial charge is 0.339 e. The minimum Gasteiger partial charge on any atom is -0.477 e. The summed E-state index contributed by atoms with van der Waals surface area (Å²) in [7, 11) is -2.74. The number of esters is 1. The molecule has 0 amide bonds. The molecule has 2 rings (SSSR count). The Morgan fingerprint density at radius 3 is 2.43 bits per heavy atom. The number of sulfonamides is 1. The second-order valence-electron chi connectivity index (χ2n) is 4.38. The molecular weight excluding hydrogens is 342 g/mol. The Hall–Kier alpha value is -2.09.